The van der Waals surface area contributed by atoms with Gasteiger partial charge in [0.15, 0.2) is 5.60 Å². The van der Waals surface area contributed by atoms with Crippen molar-refractivity contribution in [1.29, 1.82) is 0 Å². The summed E-state index contributed by atoms with van der Waals surface area (Å²) in [4.78, 5) is 23.9. The number of alkyl halides is 1. The quantitative estimate of drug-likeness (QED) is 0.401. The normalized spacial score (nSPS) is 43.5. The smallest absolute Gasteiger partial charge is 0.161 e. The predicted octanol–water partition coefficient (Wildman–Crippen LogP) is 4.17. The lowest BCUT2D eigenvalue weighted by molar-refractivity contribution is -0.436. The van der Waals surface area contributed by atoms with Crippen molar-refractivity contribution in [3.05, 3.63) is 35.9 Å². The topological polar surface area (TPSA) is 36.9 Å². The largest absolute Gasteiger partial charge is 0.236 e. The van der Waals surface area contributed by atoms with Crippen LogP contribution in [0.25, 0.3) is 0 Å². The fraction of sp³-hybridized carbons (Fsp3) is 0.667. The van der Waals surface area contributed by atoms with Gasteiger partial charge >= 0.3 is 0 Å². The number of benzene rings is 1. The number of fused-ring (bicyclic) bond motifs is 5. The Morgan fingerprint density at radius 1 is 1.17 bits per heavy atom. The van der Waals surface area contributed by atoms with E-state index in [4.69, 9.17) is 19.6 Å². The molecule has 0 aromatic heterocycles. The van der Waals surface area contributed by atoms with Crippen molar-refractivity contribution >= 4 is 22.6 Å². The molecule has 3 fully saturated rings. The van der Waals surface area contributed by atoms with Crippen LogP contribution in [0.3, 0.4) is 0 Å². The van der Waals surface area contributed by atoms with Gasteiger partial charge in [0.25, 0.3) is 0 Å². The summed E-state index contributed by atoms with van der Waals surface area (Å²) in [6.45, 7) is 2.59. The first-order chi connectivity index (χ1) is 11.2. The van der Waals surface area contributed by atoms with E-state index in [0.29, 0.717) is 18.4 Å². The molecular weight excluding hydrogens is 407 g/mol. The molecule has 5 heteroatoms. The molecule has 126 valence electrons. The zero-order chi connectivity index (χ0) is 15.9. The Bertz CT molecular complexity index is 553. The van der Waals surface area contributed by atoms with E-state index in [2.05, 4.69) is 53.8 Å². The molecule has 2 saturated carbocycles. The molecule has 1 aromatic rings. The molecule has 1 heterocycles. The number of hydrogen-bond acceptors (Lipinski definition) is 4. The highest BCUT2D eigenvalue weighted by molar-refractivity contribution is 14.1. The van der Waals surface area contributed by atoms with Gasteiger partial charge in [-0.05, 0) is 43.6 Å². The Labute approximate surface area is 150 Å². The molecule has 2 aliphatic carbocycles. The molecule has 5 atom stereocenters. The number of rotatable bonds is 2. The van der Waals surface area contributed by atoms with Crippen LogP contribution in [0.2, 0.25) is 0 Å². The second-order valence-electron chi connectivity index (χ2n) is 7.27. The predicted molar refractivity (Wildman–Crippen MR) is 93.9 cm³/mol. The van der Waals surface area contributed by atoms with Crippen molar-refractivity contribution in [3.8, 4) is 0 Å². The van der Waals surface area contributed by atoms with Gasteiger partial charge in [-0.25, -0.2) is 19.6 Å². The van der Waals surface area contributed by atoms with E-state index in [0.717, 1.165) is 29.3 Å². The first kappa shape index (κ1) is 16.3. The summed E-state index contributed by atoms with van der Waals surface area (Å²) in [7, 11) is 0. The molecule has 0 amide bonds. The third-order valence-corrected chi connectivity index (χ3v) is 7.32. The maximum absolute atomic E-state index is 6.12. The molecule has 4 nitrogen and oxygen atoms in total. The molecule has 2 bridgehead atoms. The monoisotopic (exact) mass is 430 g/mol. The van der Waals surface area contributed by atoms with E-state index in [1.165, 1.54) is 6.42 Å². The van der Waals surface area contributed by atoms with Crippen LogP contribution in [-0.4, -0.2) is 22.7 Å². The Hall–Kier alpha value is -0.210. The van der Waals surface area contributed by atoms with E-state index in [-0.39, 0.29) is 11.7 Å². The second kappa shape index (κ2) is 6.26. The molecule has 3 aliphatic rings. The summed E-state index contributed by atoms with van der Waals surface area (Å²) in [5, 5.41) is 0. The SMILES string of the molecule is CC1(CI)CCOO[C@@]2(c3ccccc3)[C@@H]3CC[C@@H](C3)[C@H]2OO1. The van der Waals surface area contributed by atoms with Gasteiger partial charge in [-0.3, -0.25) is 0 Å². The molecular formula is C18H23IO4. The van der Waals surface area contributed by atoms with Crippen LogP contribution in [0.5, 0.6) is 0 Å². The molecule has 0 N–H and O–H groups in total. The lowest BCUT2D eigenvalue weighted by Gasteiger charge is -2.41. The van der Waals surface area contributed by atoms with Gasteiger partial charge < -0.3 is 0 Å². The maximum atomic E-state index is 6.12. The standard InChI is InChI=1S/C18H23IO4/c1-17(12-19)9-10-20-23-18(14-5-3-2-4-6-14)15-8-7-13(11-15)16(18)21-22-17/h2-6,13,15-16H,7-12H2,1H3/t13-,15+,16+,17?,18-/m0/s1. The fourth-order valence-electron chi connectivity index (χ4n) is 4.37. The summed E-state index contributed by atoms with van der Waals surface area (Å²) in [5.41, 5.74) is 0.262. The van der Waals surface area contributed by atoms with E-state index in [1.54, 1.807) is 0 Å². The van der Waals surface area contributed by atoms with Gasteiger partial charge in [-0.1, -0.05) is 52.9 Å². The van der Waals surface area contributed by atoms with Gasteiger partial charge in [0.05, 0.1) is 6.61 Å². The van der Waals surface area contributed by atoms with Crippen molar-refractivity contribution in [2.45, 2.75) is 49.9 Å². The van der Waals surface area contributed by atoms with Crippen LogP contribution in [0.4, 0.5) is 0 Å². The summed E-state index contributed by atoms with van der Waals surface area (Å²) < 4.78 is 0.854. The Morgan fingerprint density at radius 2 is 2.00 bits per heavy atom. The zero-order valence-electron chi connectivity index (χ0n) is 13.4. The second-order valence-corrected chi connectivity index (χ2v) is 8.03. The van der Waals surface area contributed by atoms with Crippen LogP contribution in [0, 0.1) is 11.8 Å². The molecule has 0 radical (unpaired) electrons. The van der Waals surface area contributed by atoms with Gasteiger partial charge in [0, 0.05) is 10.8 Å². The van der Waals surface area contributed by atoms with E-state index >= 15 is 0 Å². The van der Waals surface area contributed by atoms with Crippen molar-refractivity contribution in [1.82, 2.24) is 0 Å². The van der Waals surface area contributed by atoms with Gasteiger partial charge in [0.1, 0.15) is 11.7 Å². The third kappa shape index (κ3) is 2.65. The molecule has 23 heavy (non-hydrogen) atoms. The van der Waals surface area contributed by atoms with Crippen molar-refractivity contribution < 1.29 is 19.6 Å². The fourth-order valence-corrected chi connectivity index (χ4v) is 4.88. The lowest BCUT2D eigenvalue weighted by atomic mass is 9.77. The Kier molecular flexibility index (Phi) is 4.43. The molecule has 1 aliphatic heterocycles. The zero-order valence-corrected chi connectivity index (χ0v) is 15.5. The summed E-state index contributed by atoms with van der Waals surface area (Å²) in [5.74, 6) is 0.896. The van der Waals surface area contributed by atoms with Gasteiger partial charge in [0.2, 0.25) is 0 Å². The first-order valence-corrected chi connectivity index (χ1v) is 9.97. The van der Waals surface area contributed by atoms with Crippen LogP contribution in [-0.2, 0) is 25.2 Å². The van der Waals surface area contributed by atoms with Crippen LogP contribution in [0.15, 0.2) is 30.3 Å². The van der Waals surface area contributed by atoms with Gasteiger partial charge in [-0.15, -0.1) is 0 Å². The average molecular weight is 430 g/mol. The first-order valence-electron chi connectivity index (χ1n) is 8.44. The molecule has 1 saturated heterocycles. The van der Waals surface area contributed by atoms with E-state index in [1.807, 2.05) is 6.07 Å². The lowest BCUT2D eigenvalue weighted by Crippen LogP contribution is -2.48. The van der Waals surface area contributed by atoms with Crippen LogP contribution < -0.4 is 0 Å². The molecule has 1 aromatic carbocycles. The van der Waals surface area contributed by atoms with Gasteiger partial charge in [-0.2, -0.15) is 0 Å². The van der Waals surface area contributed by atoms with E-state index in [9.17, 15) is 0 Å². The molecule has 4 rings (SSSR count). The van der Waals surface area contributed by atoms with Crippen molar-refractivity contribution in [3.63, 3.8) is 0 Å². The van der Waals surface area contributed by atoms with E-state index < -0.39 is 5.60 Å². The summed E-state index contributed by atoms with van der Waals surface area (Å²) >= 11 is 2.34. The van der Waals surface area contributed by atoms with Crippen LogP contribution in [0.1, 0.15) is 38.2 Å². The Morgan fingerprint density at radius 3 is 2.78 bits per heavy atom. The highest BCUT2D eigenvalue weighted by Crippen LogP contribution is 2.59. The third-order valence-electron chi connectivity index (χ3n) is 5.70. The molecule has 0 spiro atoms. The highest BCUT2D eigenvalue weighted by Gasteiger charge is 2.63. The summed E-state index contributed by atoms with van der Waals surface area (Å²) in [6, 6.07) is 10.4. The number of hydrogen-bond donors (Lipinski definition) is 0. The van der Waals surface area contributed by atoms with Crippen LogP contribution >= 0.6 is 22.6 Å². The molecule has 1 unspecified atom stereocenters. The van der Waals surface area contributed by atoms with Crippen molar-refractivity contribution in [2.75, 3.05) is 11.0 Å². The van der Waals surface area contributed by atoms with Crippen molar-refractivity contribution in [2.24, 2.45) is 11.8 Å². The highest BCUT2D eigenvalue weighted by atomic mass is 127. The Balaban J connectivity index is 1.72. The minimum absolute atomic E-state index is 0.107. The minimum Gasteiger partial charge on any atom is -0.236 e. The number of halogens is 1. The minimum atomic E-state index is -0.541. The maximum Gasteiger partial charge on any atom is 0.161 e. The summed E-state index contributed by atoms with van der Waals surface area (Å²) in [6.07, 6.45) is 4.10. The average Bonchev–Trinajstić information content (AvgIpc) is 3.19.